The summed E-state index contributed by atoms with van der Waals surface area (Å²) in [5.74, 6) is 0.779. The summed E-state index contributed by atoms with van der Waals surface area (Å²) in [4.78, 5) is 17.6. The number of guanidine groups is 1. The summed E-state index contributed by atoms with van der Waals surface area (Å²) in [7, 11) is -1.43. The average Bonchev–Trinajstić information content (AvgIpc) is 2.61. The van der Waals surface area contributed by atoms with E-state index in [-0.39, 0.29) is 41.9 Å². The molecule has 0 radical (unpaired) electrons. The molecule has 154 valence electrons. The van der Waals surface area contributed by atoms with Crippen LogP contribution in [0.2, 0.25) is 0 Å². The van der Waals surface area contributed by atoms with Gasteiger partial charge in [0.25, 0.3) is 0 Å². The highest BCUT2D eigenvalue weighted by Crippen LogP contribution is 2.11. The zero-order valence-corrected chi connectivity index (χ0v) is 18.9. The Labute approximate surface area is 173 Å². The van der Waals surface area contributed by atoms with E-state index in [1.54, 1.807) is 25.8 Å². The van der Waals surface area contributed by atoms with Crippen molar-refractivity contribution >= 4 is 46.1 Å². The molecule has 1 saturated heterocycles. The Kier molecular flexibility index (Phi) is 12.9. The monoisotopic (exact) mass is 505 g/mol. The molecule has 0 atom stereocenters. The predicted octanol–water partition coefficient (Wildman–Crippen LogP) is 0.720. The van der Waals surface area contributed by atoms with Crippen LogP contribution in [0.1, 0.15) is 33.1 Å². The number of rotatable bonds is 8. The molecule has 3 N–H and O–H groups in total. The highest BCUT2D eigenvalue weighted by Gasteiger charge is 2.23. The molecule has 1 amide bonds. The quantitative estimate of drug-likeness (QED) is 0.194. The van der Waals surface area contributed by atoms with Crippen molar-refractivity contribution in [1.29, 1.82) is 0 Å². The molecule has 1 fully saturated rings. The number of halogens is 1. The van der Waals surface area contributed by atoms with E-state index in [1.165, 1.54) is 0 Å². The van der Waals surface area contributed by atoms with Crippen LogP contribution < -0.4 is 15.4 Å². The van der Waals surface area contributed by atoms with E-state index >= 15 is 0 Å². The number of ether oxygens (including phenoxy) is 1. The van der Waals surface area contributed by atoms with Gasteiger partial charge in [-0.1, -0.05) is 0 Å². The summed E-state index contributed by atoms with van der Waals surface area (Å²) in [6.07, 6.45) is 2.07. The third-order valence-corrected chi connectivity index (χ3v) is 5.34. The SMILES string of the molecule is CCOC(=O)N1CCC(NC(=NC)NCCCNS(=O)(=O)CC)CC1.I. The van der Waals surface area contributed by atoms with Gasteiger partial charge in [-0.25, -0.2) is 17.9 Å². The standard InChI is InChI=1S/C15H31N5O4S.HI/c1-4-24-15(21)20-11-7-13(8-12-20)19-14(16-3)17-9-6-10-18-25(22,23)5-2;/h13,18H,4-12H2,1-3H3,(H2,16,17,19);1H. The van der Waals surface area contributed by atoms with Gasteiger partial charge in [-0.05, 0) is 33.1 Å². The minimum absolute atomic E-state index is 0. The molecule has 1 aliphatic rings. The fraction of sp³-hybridized carbons (Fsp3) is 0.867. The van der Waals surface area contributed by atoms with Crippen molar-refractivity contribution in [2.45, 2.75) is 39.2 Å². The smallest absolute Gasteiger partial charge is 0.409 e. The van der Waals surface area contributed by atoms with E-state index in [0.717, 1.165) is 12.8 Å². The first-order valence-corrected chi connectivity index (χ1v) is 10.4. The van der Waals surface area contributed by atoms with Gasteiger partial charge in [0, 0.05) is 39.3 Å². The molecule has 0 aromatic rings. The van der Waals surface area contributed by atoms with Gasteiger partial charge >= 0.3 is 6.09 Å². The Morgan fingerprint density at radius 1 is 1.23 bits per heavy atom. The number of sulfonamides is 1. The van der Waals surface area contributed by atoms with Gasteiger partial charge in [0.15, 0.2) is 5.96 Å². The topological polar surface area (TPSA) is 112 Å². The average molecular weight is 505 g/mol. The number of nitrogens with zero attached hydrogens (tertiary/aromatic N) is 2. The minimum Gasteiger partial charge on any atom is -0.450 e. The number of aliphatic imine (C=N–C) groups is 1. The van der Waals surface area contributed by atoms with Crippen molar-refractivity contribution in [3.05, 3.63) is 0 Å². The van der Waals surface area contributed by atoms with Gasteiger partial charge in [0.1, 0.15) is 0 Å². The maximum Gasteiger partial charge on any atom is 0.409 e. The fourth-order valence-corrected chi connectivity index (χ4v) is 3.09. The summed E-state index contributed by atoms with van der Waals surface area (Å²) < 4.78 is 30.2. The highest BCUT2D eigenvalue weighted by molar-refractivity contribution is 14.0. The van der Waals surface area contributed by atoms with Gasteiger partial charge in [-0.15, -0.1) is 24.0 Å². The van der Waals surface area contributed by atoms with Crippen LogP contribution >= 0.6 is 24.0 Å². The van der Waals surface area contributed by atoms with Crippen LogP contribution in [-0.4, -0.2) is 77.0 Å². The molecule has 0 aromatic heterocycles. The molecule has 26 heavy (non-hydrogen) atoms. The number of carbonyl (C=O) groups is 1. The number of likely N-dealkylation sites (tertiary alicyclic amines) is 1. The Hall–Kier alpha value is -0.820. The van der Waals surface area contributed by atoms with Crippen molar-refractivity contribution in [3.8, 4) is 0 Å². The van der Waals surface area contributed by atoms with E-state index in [0.29, 0.717) is 45.2 Å². The van der Waals surface area contributed by atoms with Crippen molar-refractivity contribution < 1.29 is 17.9 Å². The third kappa shape index (κ3) is 9.76. The summed E-state index contributed by atoms with van der Waals surface area (Å²) in [5, 5.41) is 6.51. The first-order valence-electron chi connectivity index (χ1n) is 8.78. The maximum atomic E-state index is 11.7. The van der Waals surface area contributed by atoms with Crippen molar-refractivity contribution in [3.63, 3.8) is 0 Å². The first-order chi connectivity index (χ1) is 11.9. The Balaban J connectivity index is 0.00000625. The number of amides is 1. The number of hydrogen-bond acceptors (Lipinski definition) is 5. The zero-order chi connectivity index (χ0) is 18.7. The van der Waals surface area contributed by atoms with Crippen LogP contribution in [0.15, 0.2) is 4.99 Å². The second kappa shape index (κ2) is 13.4. The normalized spacial score (nSPS) is 16.0. The lowest BCUT2D eigenvalue weighted by atomic mass is 10.1. The number of carbonyl (C=O) groups excluding carboxylic acids is 1. The molecule has 0 aliphatic carbocycles. The van der Waals surface area contributed by atoms with Crippen molar-refractivity contribution in [2.75, 3.05) is 45.6 Å². The minimum atomic E-state index is -3.13. The molecule has 0 bridgehead atoms. The van der Waals surface area contributed by atoms with Crippen LogP contribution in [0.4, 0.5) is 4.79 Å². The van der Waals surface area contributed by atoms with E-state index in [2.05, 4.69) is 20.3 Å². The van der Waals surface area contributed by atoms with Crippen LogP contribution in [0, 0.1) is 0 Å². The first kappa shape index (κ1) is 25.2. The Bertz CT molecular complexity index is 536. The fourth-order valence-electron chi connectivity index (χ4n) is 2.43. The van der Waals surface area contributed by atoms with Gasteiger partial charge in [-0.2, -0.15) is 0 Å². The second-order valence-corrected chi connectivity index (χ2v) is 7.85. The summed E-state index contributed by atoms with van der Waals surface area (Å²) in [6, 6.07) is 0.246. The molecule has 0 unspecified atom stereocenters. The van der Waals surface area contributed by atoms with E-state index in [1.807, 2.05) is 0 Å². The molecule has 1 heterocycles. The Morgan fingerprint density at radius 3 is 2.42 bits per heavy atom. The largest absolute Gasteiger partial charge is 0.450 e. The molecule has 1 rings (SSSR count). The third-order valence-electron chi connectivity index (χ3n) is 3.93. The summed E-state index contributed by atoms with van der Waals surface area (Å²) in [5.41, 5.74) is 0. The van der Waals surface area contributed by atoms with Gasteiger partial charge in [0.2, 0.25) is 10.0 Å². The van der Waals surface area contributed by atoms with E-state index < -0.39 is 10.0 Å². The molecule has 0 aromatic carbocycles. The van der Waals surface area contributed by atoms with Crippen molar-refractivity contribution in [1.82, 2.24) is 20.3 Å². The molecule has 1 aliphatic heterocycles. The lowest BCUT2D eigenvalue weighted by Gasteiger charge is -2.32. The van der Waals surface area contributed by atoms with Gasteiger partial charge in [0.05, 0.1) is 12.4 Å². The zero-order valence-electron chi connectivity index (χ0n) is 15.8. The molecule has 0 saturated carbocycles. The number of hydrogen-bond donors (Lipinski definition) is 3. The molecule has 11 heteroatoms. The van der Waals surface area contributed by atoms with Crippen LogP contribution in [0.3, 0.4) is 0 Å². The lowest BCUT2D eigenvalue weighted by molar-refractivity contribution is 0.0963. The number of piperidine rings is 1. The molecular weight excluding hydrogens is 473 g/mol. The molecular formula is C15H32IN5O4S. The predicted molar refractivity (Wildman–Crippen MR) is 114 cm³/mol. The van der Waals surface area contributed by atoms with Crippen LogP contribution in [-0.2, 0) is 14.8 Å². The summed E-state index contributed by atoms with van der Waals surface area (Å²) >= 11 is 0. The van der Waals surface area contributed by atoms with E-state index in [9.17, 15) is 13.2 Å². The lowest BCUT2D eigenvalue weighted by Crippen LogP contribution is -2.50. The van der Waals surface area contributed by atoms with Crippen molar-refractivity contribution in [2.24, 2.45) is 4.99 Å². The van der Waals surface area contributed by atoms with Gasteiger partial charge < -0.3 is 20.3 Å². The second-order valence-electron chi connectivity index (χ2n) is 5.75. The van der Waals surface area contributed by atoms with Gasteiger partial charge in [-0.3, -0.25) is 4.99 Å². The Morgan fingerprint density at radius 2 is 1.88 bits per heavy atom. The van der Waals surface area contributed by atoms with Crippen LogP contribution in [0.25, 0.3) is 0 Å². The maximum absolute atomic E-state index is 11.7. The van der Waals surface area contributed by atoms with Crippen LogP contribution in [0.5, 0.6) is 0 Å². The molecule has 0 spiro atoms. The number of nitrogens with one attached hydrogen (secondary N) is 3. The van der Waals surface area contributed by atoms with E-state index in [4.69, 9.17) is 4.74 Å². The summed E-state index contributed by atoms with van der Waals surface area (Å²) in [6.45, 7) is 6.14. The molecule has 9 nitrogen and oxygen atoms in total. The highest BCUT2D eigenvalue weighted by atomic mass is 127.